The lowest BCUT2D eigenvalue weighted by Crippen LogP contribution is -2.66. The van der Waals surface area contributed by atoms with Crippen molar-refractivity contribution in [2.45, 2.75) is 38.7 Å². The lowest BCUT2D eigenvalue weighted by Gasteiger charge is -2.43. The molecule has 2 rings (SSSR count). The van der Waals surface area contributed by atoms with E-state index in [1.54, 1.807) is 0 Å². The van der Waals surface area contributed by atoms with Crippen LogP contribution in [0.4, 0.5) is 0 Å². The van der Waals surface area contributed by atoms with Crippen molar-refractivity contribution in [2.24, 2.45) is 0 Å². The first-order chi connectivity index (χ1) is 13.3. The van der Waals surface area contributed by atoms with Crippen LogP contribution < -0.4 is 10.4 Å². The highest BCUT2D eigenvalue weighted by Gasteiger charge is 2.49. The minimum Gasteiger partial charge on any atom is -0.480 e. The number of carboxylic acids is 1. The molecule has 0 atom stereocenters. The molecule has 0 amide bonds. The third kappa shape index (κ3) is 5.53. The van der Waals surface area contributed by atoms with Crippen LogP contribution in [0.15, 0.2) is 60.7 Å². The standard InChI is InChI=1S/C23H33NO3Si/c1-23(2,3)28(20-13-7-5-8-14-20,21-15-9-6-10-16-21)27-18-12-11-17-24(4)19-22(25)26/h5-10,13-16H,11-12,17-19H2,1-4H3,(H,25,26). The van der Waals surface area contributed by atoms with Crippen LogP contribution in [0.1, 0.15) is 33.6 Å². The SMILES string of the molecule is CN(CCCCO[Si](c1ccccc1)(c1ccccc1)C(C)(C)C)CC(=O)O. The van der Waals surface area contributed by atoms with E-state index in [9.17, 15) is 4.79 Å². The molecule has 0 aliphatic rings. The van der Waals surface area contributed by atoms with Crippen LogP contribution in [0.5, 0.6) is 0 Å². The van der Waals surface area contributed by atoms with E-state index in [0.29, 0.717) is 6.61 Å². The molecule has 0 aliphatic heterocycles. The molecular weight excluding hydrogens is 366 g/mol. The molecule has 152 valence electrons. The molecule has 0 unspecified atom stereocenters. The van der Waals surface area contributed by atoms with E-state index >= 15 is 0 Å². The minimum atomic E-state index is -2.46. The van der Waals surface area contributed by atoms with Crippen LogP contribution in [0, 0.1) is 0 Å². The van der Waals surface area contributed by atoms with E-state index < -0.39 is 14.3 Å². The van der Waals surface area contributed by atoms with Crippen LogP contribution in [0.2, 0.25) is 5.04 Å². The van der Waals surface area contributed by atoms with Gasteiger partial charge in [-0.05, 0) is 41.8 Å². The second-order valence-corrected chi connectivity index (χ2v) is 12.7. The highest BCUT2D eigenvalue weighted by atomic mass is 28.4. The van der Waals surface area contributed by atoms with E-state index in [4.69, 9.17) is 9.53 Å². The second kappa shape index (κ2) is 10.0. The largest absolute Gasteiger partial charge is 0.480 e. The van der Waals surface area contributed by atoms with Gasteiger partial charge in [-0.1, -0.05) is 81.4 Å². The summed E-state index contributed by atoms with van der Waals surface area (Å²) in [5.41, 5.74) is 0. The van der Waals surface area contributed by atoms with Gasteiger partial charge in [0.2, 0.25) is 0 Å². The zero-order chi connectivity index (χ0) is 20.6. The maximum Gasteiger partial charge on any atom is 0.317 e. The van der Waals surface area contributed by atoms with Crippen molar-refractivity contribution in [2.75, 3.05) is 26.7 Å². The first-order valence-electron chi connectivity index (χ1n) is 9.93. The quantitative estimate of drug-likeness (QED) is 0.492. The van der Waals surface area contributed by atoms with Gasteiger partial charge in [0, 0.05) is 6.61 Å². The Bertz CT molecular complexity index is 689. The Morgan fingerprint density at radius 3 is 1.89 bits per heavy atom. The molecule has 0 fully saturated rings. The van der Waals surface area contributed by atoms with Crippen molar-refractivity contribution in [1.82, 2.24) is 4.90 Å². The summed E-state index contributed by atoms with van der Waals surface area (Å²) in [5.74, 6) is -0.786. The summed E-state index contributed by atoms with van der Waals surface area (Å²) in [6, 6.07) is 21.3. The number of carbonyl (C=O) groups is 1. The van der Waals surface area contributed by atoms with E-state index in [2.05, 4.69) is 81.4 Å². The molecule has 0 saturated carbocycles. The summed E-state index contributed by atoms with van der Waals surface area (Å²) >= 11 is 0. The van der Waals surface area contributed by atoms with Gasteiger partial charge in [-0.15, -0.1) is 0 Å². The van der Waals surface area contributed by atoms with Crippen LogP contribution in [0.25, 0.3) is 0 Å². The molecule has 4 nitrogen and oxygen atoms in total. The Balaban J connectivity index is 2.19. The van der Waals surface area contributed by atoms with Gasteiger partial charge in [0.1, 0.15) is 0 Å². The Morgan fingerprint density at radius 1 is 0.964 bits per heavy atom. The summed E-state index contributed by atoms with van der Waals surface area (Å²) in [4.78, 5) is 12.6. The highest BCUT2D eigenvalue weighted by Crippen LogP contribution is 2.36. The average molecular weight is 400 g/mol. The van der Waals surface area contributed by atoms with Crippen LogP contribution in [-0.4, -0.2) is 51.0 Å². The fourth-order valence-electron chi connectivity index (χ4n) is 3.78. The molecule has 2 aromatic carbocycles. The molecule has 1 N–H and O–H groups in total. The van der Waals surface area contributed by atoms with Gasteiger partial charge in [0.15, 0.2) is 0 Å². The topological polar surface area (TPSA) is 49.8 Å². The summed E-state index contributed by atoms with van der Waals surface area (Å²) in [5, 5.41) is 11.4. The van der Waals surface area contributed by atoms with E-state index in [1.165, 1.54) is 10.4 Å². The van der Waals surface area contributed by atoms with Gasteiger partial charge >= 0.3 is 5.97 Å². The third-order valence-corrected chi connectivity index (χ3v) is 10.1. The molecule has 5 heteroatoms. The summed E-state index contributed by atoms with van der Waals surface area (Å²) < 4.78 is 6.83. The first-order valence-corrected chi connectivity index (χ1v) is 11.8. The summed E-state index contributed by atoms with van der Waals surface area (Å²) in [7, 11) is -0.616. The van der Waals surface area contributed by atoms with Crippen molar-refractivity contribution in [1.29, 1.82) is 0 Å². The normalized spacial score (nSPS) is 12.3. The van der Waals surface area contributed by atoms with Crippen molar-refractivity contribution in [3.05, 3.63) is 60.7 Å². The number of hydrogen-bond donors (Lipinski definition) is 1. The number of carboxylic acid groups (broad SMARTS) is 1. The van der Waals surface area contributed by atoms with Gasteiger partial charge in [-0.25, -0.2) is 0 Å². The van der Waals surface area contributed by atoms with Crippen molar-refractivity contribution in [3.63, 3.8) is 0 Å². The summed E-state index contributed by atoms with van der Waals surface area (Å²) in [6.45, 7) is 8.35. The van der Waals surface area contributed by atoms with Crippen LogP contribution >= 0.6 is 0 Å². The van der Waals surface area contributed by atoms with Gasteiger partial charge in [-0.3, -0.25) is 9.69 Å². The van der Waals surface area contributed by atoms with Gasteiger partial charge in [0.05, 0.1) is 6.54 Å². The zero-order valence-corrected chi connectivity index (χ0v) is 18.5. The molecule has 0 aliphatic carbocycles. The fourth-order valence-corrected chi connectivity index (χ4v) is 8.39. The highest BCUT2D eigenvalue weighted by molar-refractivity contribution is 6.99. The molecule has 0 aromatic heterocycles. The van der Waals surface area contributed by atoms with Crippen molar-refractivity contribution < 1.29 is 14.3 Å². The predicted octanol–water partition coefficient (Wildman–Crippen LogP) is 3.36. The van der Waals surface area contributed by atoms with E-state index in [1.807, 2.05) is 11.9 Å². The molecule has 0 saturated heterocycles. The summed E-state index contributed by atoms with van der Waals surface area (Å²) in [6.07, 6.45) is 1.83. The maximum absolute atomic E-state index is 10.8. The smallest absolute Gasteiger partial charge is 0.317 e. The number of hydrogen-bond acceptors (Lipinski definition) is 3. The molecular formula is C23H33NO3Si. The van der Waals surface area contributed by atoms with Crippen molar-refractivity contribution >= 4 is 24.7 Å². The Labute approximate surface area is 170 Å². The molecule has 0 spiro atoms. The van der Waals surface area contributed by atoms with E-state index in [-0.39, 0.29) is 11.6 Å². The van der Waals surface area contributed by atoms with Crippen LogP contribution in [0.3, 0.4) is 0 Å². The number of aliphatic carboxylic acids is 1. The Hall–Kier alpha value is -1.95. The number of rotatable bonds is 10. The predicted molar refractivity (Wildman–Crippen MR) is 118 cm³/mol. The molecule has 0 bridgehead atoms. The lowest BCUT2D eigenvalue weighted by atomic mass is 10.2. The van der Waals surface area contributed by atoms with Gasteiger partial charge in [0.25, 0.3) is 8.32 Å². The Morgan fingerprint density at radius 2 is 1.46 bits per heavy atom. The van der Waals surface area contributed by atoms with Gasteiger partial charge < -0.3 is 9.53 Å². The lowest BCUT2D eigenvalue weighted by molar-refractivity contribution is -0.137. The minimum absolute atomic E-state index is 0.0180. The number of benzene rings is 2. The zero-order valence-electron chi connectivity index (χ0n) is 17.5. The van der Waals surface area contributed by atoms with E-state index in [0.717, 1.165) is 19.4 Å². The van der Waals surface area contributed by atoms with Crippen LogP contribution in [-0.2, 0) is 9.22 Å². The van der Waals surface area contributed by atoms with Gasteiger partial charge in [-0.2, -0.15) is 0 Å². The Kier molecular flexibility index (Phi) is 7.98. The number of likely N-dealkylation sites (N-methyl/N-ethyl adjacent to an activating group) is 1. The maximum atomic E-state index is 10.8. The molecule has 0 radical (unpaired) electrons. The first kappa shape index (κ1) is 22.3. The fraction of sp³-hybridized carbons (Fsp3) is 0.435. The molecule has 28 heavy (non-hydrogen) atoms. The second-order valence-electron chi connectivity index (χ2n) is 8.35. The number of unbranched alkanes of at least 4 members (excludes halogenated alkanes) is 1. The molecule has 2 aromatic rings. The third-order valence-electron chi connectivity index (χ3n) is 5.07. The average Bonchev–Trinajstić information content (AvgIpc) is 2.64. The molecule has 0 heterocycles. The number of nitrogens with zero attached hydrogens (tertiary/aromatic N) is 1. The monoisotopic (exact) mass is 399 g/mol. The van der Waals surface area contributed by atoms with Crippen molar-refractivity contribution in [3.8, 4) is 0 Å².